The minimum Gasteiger partial charge on any atom is -0.389 e. The molecule has 0 aliphatic carbocycles. The summed E-state index contributed by atoms with van der Waals surface area (Å²) in [6, 6.07) is 4.86. The fourth-order valence-corrected chi connectivity index (χ4v) is 1.69. The van der Waals surface area contributed by atoms with Crippen LogP contribution in [0.25, 0.3) is 0 Å². The first kappa shape index (κ1) is 13.7. The molecule has 1 atom stereocenters. The summed E-state index contributed by atoms with van der Waals surface area (Å²) < 4.78 is 13.8. The van der Waals surface area contributed by atoms with Gasteiger partial charge in [0.25, 0.3) is 0 Å². The zero-order chi connectivity index (χ0) is 12.8. The fraction of sp³-hybridized carbons (Fsp3) is 0.429. The van der Waals surface area contributed by atoms with Crippen molar-refractivity contribution < 1.29 is 9.50 Å². The van der Waals surface area contributed by atoms with Crippen molar-refractivity contribution in [2.45, 2.75) is 25.9 Å². The monoisotopic (exact) mass is 237 g/mol. The standard InChI is InChI=1S/C14H20FNO/c1-4-5-6-9-16(3)14-8-7-12(11(2)17)10-13(14)15/h4,7-8,10-11,17H,1,5-6,9H2,2-3H3. The smallest absolute Gasteiger partial charge is 0.146 e. The molecule has 1 unspecified atom stereocenters. The molecule has 1 aromatic carbocycles. The Morgan fingerprint density at radius 3 is 2.76 bits per heavy atom. The third-order valence-corrected chi connectivity index (χ3v) is 2.77. The number of halogens is 1. The Labute approximate surface area is 102 Å². The van der Waals surface area contributed by atoms with Gasteiger partial charge in [0.2, 0.25) is 0 Å². The van der Waals surface area contributed by atoms with Gasteiger partial charge in [-0.3, -0.25) is 0 Å². The second kappa shape index (κ2) is 6.40. The van der Waals surface area contributed by atoms with E-state index in [1.54, 1.807) is 19.1 Å². The van der Waals surface area contributed by atoms with Crippen molar-refractivity contribution in [3.8, 4) is 0 Å². The summed E-state index contributed by atoms with van der Waals surface area (Å²) in [5.41, 5.74) is 1.17. The molecule has 1 aromatic rings. The van der Waals surface area contributed by atoms with Gasteiger partial charge in [0, 0.05) is 13.6 Å². The van der Waals surface area contributed by atoms with Gasteiger partial charge >= 0.3 is 0 Å². The number of rotatable bonds is 6. The third kappa shape index (κ3) is 3.86. The van der Waals surface area contributed by atoms with Gasteiger partial charge in [-0.1, -0.05) is 12.1 Å². The van der Waals surface area contributed by atoms with Crippen molar-refractivity contribution >= 4 is 5.69 Å². The molecule has 0 aliphatic rings. The summed E-state index contributed by atoms with van der Waals surface area (Å²) in [5.74, 6) is -0.287. The molecule has 0 aliphatic heterocycles. The van der Waals surface area contributed by atoms with Crippen LogP contribution in [0.5, 0.6) is 0 Å². The lowest BCUT2D eigenvalue weighted by molar-refractivity contribution is 0.199. The Kier molecular flexibility index (Phi) is 5.16. The first-order valence-electron chi connectivity index (χ1n) is 5.85. The first-order chi connectivity index (χ1) is 8.06. The molecule has 0 amide bonds. The van der Waals surface area contributed by atoms with E-state index in [0.717, 1.165) is 19.4 Å². The van der Waals surface area contributed by atoms with E-state index < -0.39 is 6.10 Å². The molecule has 2 nitrogen and oxygen atoms in total. The molecule has 17 heavy (non-hydrogen) atoms. The SMILES string of the molecule is C=CCCCN(C)c1ccc(C(C)O)cc1F. The highest BCUT2D eigenvalue weighted by molar-refractivity contribution is 5.48. The molecule has 0 radical (unpaired) electrons. The summed E-state index contributed by atoms with van der Waals surface area (Å²) in [6.45, 7) is 6.07. The minimum absolute atomic E-state index is 0.287. The molecule has 1 N–H and O–H groups in total. The van der Waals surface area contributed by atoms with Crippen LogP contribution in [0.2, 0.25) is 0 Å². The van der Waals surface area contributed by atoms with Crippen molar-refractivity contribution in [2.75, 3.05) is 18.5 Å². The average molecular weight is 237 g/mol. The number of allylic oxidation sites excluding steroid dienone is 1. The van der Waals surface area contributed by atoms with Gasteiger partial charge in [0.15, 0.2) is 0 Å². The number of hydrogen-bond acceptors (Lipinski definition) is 2. The van der Waals surface area contributed by atoms with Crippen LogP contribution in [0, 0.1) is 5.82 Å². The number of benzene rings is 1. The zero-order valence-electron chi connectivity index (χ0n) is 10.5. The van der Waals surface area contributed by atoms with E-state index in [9.17, 15) is 9.50 Å². The zero-order valence-corrected chi connectivity index (χ0v) is 10.5. The molecule has 0 saturated carbocycles. The molecular weight excluding hydrogens is 217 g/mol. The Hall–Kier alpha value is -1.35. The second-order valence-corrected chi connectivity index (χ2v) is 4.24. The number of anilines is 1. The van der Waals surface area contributed by atoms with Gasteiger partial charge in [-0.15, -0.1) is 6.58 Å². The van der Waals surface area contributed by atoms with Crippen LogP contribution in [-0.2, 0) is 0 Å². The predicted octanol–water partition coefficient (Wildman–Crippen LogP) is 3.28. The second-order valence-electron chi connectivity index (χ2n) is 4.24. The Balaban J connectivity index is 2.73. The predicted molar refractivity (Wildman–Crippen MR) is 69.7 cm³/mol. The van der Waals surface area contributed by atoms with E-state index in [0.29, 0.717) is 11.3 Å². The molecule has 3 heteroatoms. The average Bonchev–Trinajstić information content (AvgIpc) is 2.28. The summed E-state index contributed by atoms with van der Waals surface area (Å²) in [6.07, 6.45) is 3.11. The van der Waals surface area contributed by atoms with E-state index >= 15 is 0 Å². The van der Waals surface area contributed by atoms with Crippen LogP contribution in [0.1, 0.15) is 31.4 Å². The van der Waals surface area contributed by atoms with Gasteiger partial charge in [0.05, 0.1) is 11.8 Å². The number of unbranched alkanes of at least 4 members (excludes halogenated alkanes) is 1. The third-order valence-electron chi connectivity index (χ3n) is 2.77. The van der Waals surface area contributed by atoms with Gasteiger partial charge in [-0.2, -0.15) is 0 Å². The summed E-state index contributed by atoms with van der Waals surface area (Å²) in [7, 11) is 1.86. The van der Waals surface area contributed by atoms with Crippen LogP contribution in [0.3, 0.4) is 0 Å². The lowest BCUT2D eigenvalue weighted by atomic mass is 10.1. The summed E-state index contributed by atoms with van der Waals surface area (Å²) in [4.78, 5) is 1.88. The fourth-order valence-electron chi connectivity index (χ4n) is 1.69. The molecule has 0 heterocycles. The van der Waals surface area contributed by atoms with Crippen molar-refractivity contribution in [2.24, 2.45) is 0 Å². The molecule has 0 fully saturated rings. The molecule has 0 spiro atoms. The highest BCUT2D eigenvalue weighted by Gasteiger charge is 2.09. The van der Waals surface area contributed by atoms with E-state index in [-0.39, 0.29) is 5.82 Å². The van der Waals surface area contributed by atoms with E-state index in [2.05, 4.69) is 6.58 Å². The topological polar surface area (TPSA) is 23.5 Å². The maximum absolute atomic E-state index is 13.8. The van der Waals surface area contributed by atoms with Crippen LogP contribution in [0.15, 0.2) is 30.9 Å². The summed E-state index contributed by atoms with van der Waals surface area (Å²) in [5, 5.41) is 9.36. The van der Waals surface area contributed by atoms with Crippen molar-refractivity contribution in [1.29, 1.82) is 0 Å². The van der Waals surface area contributed by atoms with Crippen molar-refractivity contribution in [1.82, 2.24) is 0 Å². The van der Waals surface area contributed by atoms with Crippen molar-refractivity contribution in [3.63, 3.8) is 0 Å². The van der Waals surface area contributed by atoms with Crippen LogP contribution in [0.4, 0.5) is 10.1 Å². The molecular formula is C14H20FNO. The molecule has 0 bridgehead atoms. The summed E-state index contributed by atoms with van der Waals surface area (Å²) >= 11 is 0. The lowest BCUT2D eigenvalue weighted by Gasteiger charge is -2.20. The maximum atomic E-state index is 13.8. The normalized spacial score (nSPS) is 12.2. The Morgan fingerprint density at radius 1 is 1.53 bits per heavy atom. The number of nitrogens with zero attached hydrogens (tertiary/aromatic N) is 1. The van der Waals surface area contributed by atoms with Gasteiger partial charge in [0.1, 0.15) is 5.82 Å². The van der Waals surface area contributed by atoms with E-state index in [1.807, 2.05) is 18.0 Å². The highest BCUT2D eigenvalue weighted by Crippen LogP contribution is 2.22. The maximum Gasteiger partial charge on any atom is 0.146 e. The molecule has 1 rings (SSSR count). The number of hydrogen-bond donors (Lipinski definition) is 1. The molecule has 0 aromatic heterocycles. The first-order valence-corrected chi connectivity index (χ1v) is 5.85. The number of aliphatic hydroxyl groups excluding tert-OH is 1. The van der Waals surface area contributed by atoms with E-state index in [1.165, 1.54) is 6.07 Å². The quantitative estimate of drug-likeness (QED) is 0.606. The highest BCUT2D eigenvalue weighted by atomic mass is 19.1. The molecule has 0 saturated heterocycles. The van der Waals surface area contributed by atoms with Crippen LogP contribution >= 0.6 is 0 Å². The molecule has 94 valence electrons. The lowest BCUT2D eigenvalue weighted by Crippen LogP contribution is -2.19. The Bertz CT molecular complexity index is 376. The number of aliphatic hydroxyl groups is 1. The van der Waals surface area contributed by atoms with E-state index in [4.69, 9.17) is 0 Å². The van der Waals surface area contributed by atoms with Gasteiger partial charge < -0.3 is 10.0 Å². The largest absolute Gasteiger partial charge is 0.389 e. The van der Waals surface area contributed by atoms with Crippen LogP contribution in [-0.4, -0.2) is 18.7 Å². The minimum atomic E-state index is -0.635. The van der Waals surface area contributed by atoms with Crippen molar-refractivity contribution in [3.05, 3.63) is 42.2 Å². The van der Waals surface area contributed by atoms with Gasteiger partial charge in [-0.25, -0.2) is 4.39 Å². The van der Waals surface area contributed by atoms with Gasteiger partial charge in [-0.05, 0) is 37.5 Å². The Morgan fingerprint density at radius 2 is 2.24 bits per heavy atom. The van der Waals surface area contributed by atoms with Crippen LogP contribution < -0.4 is 4.90 Å².